The van der Waals surface area contributed by atoms with E-state index in [1.807, 2.05) is 25.9 Å². The van der Waals surface area contributed by atoms with Gasteiger partial charge in [-0.3, -0.25) is 9.52 Å². The van der Waals surface area contributed by atoms with E-state index >= 15 is 0 Å². The van der Waals surface area contributed by atoms with Gasteiger partial charge in [0.25, 0.3) is 15.9 Å². The van der Waals surface area contributed by atoms with Crippen molar-refractivity contribution in [1.29, 1.82) is 0 Å². The quantitative estimate of drug-likeness (QED) is 0.322. The number of aryl methyl sites for hydroxylation is 1. The number of benzene rings is 2. The molecule has 5 rings (SSSR count). The molecular weight excluding hydrogens is 546 g/mol. The fourth-order valence-electron chi connectivity index (χ4n) is 5.06. The maximum Gasteiger partial charge on any atom is 0.265 e. The van der Waals surface area contributed by atoms with Crippen molar-refractivity contribution >= 4 is 33.1 Å². The van der Waals surface area contributed by atoms with E-state index in [0.717, 1.165) is 17.5 Å². The summed E-state index contributed by atoms with van der Waals surface area (Å²) in [5.41, 5.74) is 9.77. The summed E-state index contributed by atoms with van der Waals surface area (Å²) in [6.07, 6.45) is 4.03. The number of fused-ring (bicyclic) bond motifs is 1. The molecule has 13 heteroatoms. The van der Waals surface area contributed by atoms with Crippen LogP contribution in [-0.4, -0.2) is 86.2 Å². The third-order valence-electron chi connectivity index (χ3n) is 7.40. The second-order valence-corrected chi connectivity index (χ2v) is 11.8. The molecule has 2 aromatic heterocycles. The fourth-order valence-corrected chi connectivity index (χ4v) is 6.29. The molecule has 0 saturated carbocycles. The number of hydrogen-bond acceptors (Lipinski definition) is 9. The molecule has 1 saturated heterocycles. The maximum atomic E-state index is 13.2. The smallest absolute Gasteiger partial charge is 0.265 e. The molecule has 0 spiro atoms. The van der Waals surface area contributed by atoms with E-state index in [9.17, 15) is 13.2 Å². The van der Waals surface area contributed by atoms with Gasteiger partial charge in [-0.1, -0.05) is 6.07 Å². The average molecular weight is 580 g/mol. The van der Waals surface area contributed by atoms with Crippen LogP contribution < -0.4 is 19.9 Å². The van der Waals surface area contributed by atoms with Crippen LogP contribution in [-0.2, 0) is 10.0 Å². The molecule has 0 bridgehead atoms. The van der Waals surface area contributed by atoms with Crippen molar-refractivity contribution in [3.05, 3.63) is 59.9 Å². The van der Waals surface area contributed by atoms with E-state index in [4.69, 9.17) is 15.2 Å². The number of likely N-dealkylation sites (tertiary alicyclic amines) is 1. The SMILES string of the molecule is COc1ccc(OC)c(S(=O)(=O)Nc2ccc(-c3cnc4c(C(=O)N5CCC(N(C)C)C5)cnn4c3N)c(C)c2)c1. The number of ether oxygens (including phenoxy) is 2. The van der Waals surface area contributed by atoms with Gasteiger partial charge in [-0.2, -0.15) is 9.61 Å². The van der Waals surface area contributed by atoms with Crippen LogP contribution in [0.5, 0.6) is 11.5 Å². The highest BCUT2D eigenvalue weighted by molar-refractivity contribution is 7.92. The first-order chi connectivity index (χ1) is 19.5. The molecule has 216 valence electrons. The summed E-state index contributed by atoms with van der Waals surface area (Å²) >= 11 is 0. The molecule has 3 N–H and O–H groups in total. The molecule has 0 aliphatic carbocycles. The Balaban J connectivity index is 1.42. The predicted molar refractivity (Wildman–Crippen MR) is 156 cm³/mol. The number of carbonyl (C=O) groups is 1. The second kappa shape index (κ2) is 10.9. The summed E-state index contributed by atoms with van der Waals surface area (Å²) in [5.74, 6) is 0.777. The second-order valence-electron chi connectivity index (χ2n) is 10.2. The van der Waals surface area contributed by atoms with Crippen LogP contribution in [0.1, 0.15) is 22.3 Å². The number of methoxy groups -OCH3 is 2. The molecule has 2 aromatic carbocycles. The van der Waals surface area contributed by atoms with Gasteiger partial charge in [-0.25, -0.2) is 13.4 Å². The lowest BCUT2D eigenvalue weighted by Crippen LogP contribution is -2.34. The lowest BCUT2D eigenvalue weighted by molar-refractivity contribution is 0.0784. The number of hydrogen-bond donors (Lipinski definition) is 2. The zero-order valence-electron chi connectivity index (χ0n) is 23.6. The Kier molecular flexibility index (Phi) is 7.49. The first-order valence-electron chi connectivity index (χ1n) is 13.0. The monoisotopic (exact) mass is 579 g/mol. The van der Waals surface area contributed by atoms with Crippen LogP contribution in [0.15, 0.2) is 53.7 Å². The lowest BCUT2D eigenvalue weighted by Gasteiger charge is -2.20. The Morgan fingerprint density at radius 3 is 2.54 bits per heavy atom. The van der Waals surface area contributed by atoms with E-state index in [1.54, 1.807) is 30.5 Å². The van der Waals surface area contributed by atoms with Gasteiger partial charge in [0.15, 0.2) is 5.65 Å². The van der Waals surface area contributed by atoms with Crippen LogP contribution in [0, 0.1) is 6.92 Å². The molecule has 1 atom stereocenters. The third kappa shape index (κ3) is 5.25. The van der Waals surface area contributed by atoms with E-state index < -0.39 is 10.0 Å². The average Bonchev–Trinajstić information content (AvgIpc) is 3.61. The van der Waals surface area contributed by atoms with E-state index in [0.29, 0.717) is 53.2 Å². The van der Waals surface area contributed by atoms with E-state index in [-0.39, 0.29) is 16.6 Å². The molecule has 41 heavy (non-hydrogen) atoms. The van der Waals surface area contributed by atoms with Gasteiger partial charge in [0.2, 0.25) is 0 Å². The maximum absolute atomic E-state index is 13.2. The Morgan fingerprint density at radius 2 is 1.88 bits per heavy atom. The van der Waals surface area contributed by atoms with Gasteiger partial charge in [-0.05, 0) is 62.8 Å². The topological polar surface area (TPSA) is 144 Å². The van der Waals surface area contributed by atoms with Gasteiger partial charge in [-0.15, -0.1) is 0 Å². The van der Waals surface area contributed by atoms with Crippen molar-refractivity contribution in [2.45, 2.75) is 24.3 Å². The number of sulfonamides is 1. The summed E-state index contributed by atoms with van der Waals surface area (Å²) in [5, 5.41) is 4.37. The summed E-state index contributed by atoms with van der Waals surface area (Å²) in [6, 6.07) is 9.98. The van der Waals surface area contributed by atoms with Crippen molar-refractivity contribution in [1.82, 2.24) is 24.4 Å². The summed E-state index contributed by atoms with van der Waals surface area (Å²) in [4.78, 5) is 21.7. The van der Waals surface area contributed by atoms with Crippen molar-refractivity contribution < 1.29 is 22.7 Å². The third-order valence-corrected chi connectivity index (χ3v) is 8.81. The largest absolute Gasteiger partial charge is 0.497 e. The Morgan fingerprint density at radius 1 is 1.10 bits per heavy atom. The molecular formula is C28H33N7O5S. The molecule has 1 fully saturated rings. The molecule has 1 aliphatic heterocycles. The fraction of sp³-hybridized carbons (Fsp3) is 0.321. The van der Waals surface area contributed by atoms with E-state index in [1.165, 1.54) is 37.1 Å². The molecule has 1 unspecified atom stereocenters. The number of aromatic nitrogens is 3. The van der Waals surface area contributed by atoms with Crippen molar-refractivity contribution in [3.63, 3.8) is 0 Å². The molecule has 1 aliphatic rings. The molecule has 1 amide bonds. The summed E-state index contributed by atoms with van der Waals surface area (Å²) < 4.78 is 40.9. The van der Waals surface area contributed by atoms with Crippen LogP contribution in [0.25, 0.3) is 16.8 Å². The zero-order valence-corrected chi connectivity index (χ0v) is 24.4. The highest BCUT2D eigenvalue weighted by Crippen LogP contribution is 2.33. The number of nitrogens with two attached hydrogens (primary N) is 1. The number of anilines is 2. The Labute approximate surface area is 238 Å². The van der Waals surface area contributed by atoms with Gasteiger partial charge < -0.3 is 25.0 Å². The van der Waals surface area contributed by atoms with Crippen LogP contribution in [0.2, 0.25) is 0 Å². The predicted octanol–water partition coefficient (Wildman–Crippen LogP) is 2.88. The van der Waals surface area contributed by atoms with Gasteiger partial charge in [0.1, 0.15) is 27.8 Å². The Hall–Kier alpha value is -4.36. The number of nitrogens with one attached hydrogen (secondary N) is 1. The number of carbonyl (C=O) groups excluding carboxylic acids is 1. The van der Waals surface area contributed by atoms with Gasteiger partial charge in [0.05, 0.1) is 20.4 Å². The first kappa shape index (κ1) is 28.2. The number of amides is 1. The van der Waals surface area contributed by atoms with Crippen LogP contribution in [0.4, 0.5) is 11.5 Å². The van der Waals surface area contributed by atoms with Crippen molar-refractivity contribution in [3.8, 4) is 22.6 Å². The van der Waals surface area contributed by atoms with Crippen LogP contribution >= 0.6 is 0 Å². The lowest BCUT2D eigenvalue weighted by atomic mass is 10.0. The van der Waals surface area contributed by atoms with Gasteiger partial charge in [0, 0.05) is 42.6 Å². The summed E-state index contributed by atoms with van der Waals surface area (Å²) in [7, 11) is 2.90. The highest BCUT2D eigenvalue weighted by Gasteiger charge is 2.30. The minimum absolute atomic E-state index is 0.0461. The van der Waals surface area contributed by atoms with E-state index in [2.05, 4.69) is 19.7 Å². The minimum atomic E-state index is -3.99. The number of nitrogens with zero attached hydrogens (tertiary/aromatic N) is 5. The highest BCUT2D eigenvalue weighted by atomic mass is 32.2. The molecule has 3 heterocycles. The Bertz CT molecular complexity index is 1740. The number of likely N-dealkylation sites (N-methyl/N-ethyl adjacent to an activating group) is 1. The summed E-state index contributed by atoms with van der Waals surface area (Å²) in [6.45, 7) is 3.17. The first-order valence-corrected chi connectivity index (χ1v) is 14.5. The minimum Gasteiger partial charge on any atom is -0.497 e. The molecule has 0 radical (unpaired) electrons. The molecule has 12 nitrogen and oxygen atoms in total. The normalized spacial score (nSPS) is 15.5. The number of rotatable bonds is 8. The zero-order chi connectivity index (χ0) is 29.5. The van der Waals surface area contributed by atoms with Crippen LogP contribution in [0.3, 0.4) is 0 Å². The molecule has 4 aromatic rings. The van der Waals surface area contributed by atoms with Crippen molar-refractivity contribution in [2.75, 3.05) is 51.9 Å². The van der Waals surface area contributed by atoms with Gasteiger partial charge >= 0.3 is 0 Å². The number of nitrogen functional groups attached to an aromatic ring is 1. The standard InChI is InChI=1S/C28H33N7O5S/c1-17-12-18(32-41(37,38)25-13-20(39-4)7-9-24(25)40-5)6-8-21(17)22-14-30-27-23(15-31-35(27)26(22)29)28(36)34-11-10-19(16-34)33(2)3/h6-9,12-15,19,32H,10-11,16,29H2,1-5H3. The van der Waals surface area contributed by atoms with Crippen molar-refractivity contribution in [2.24, 2.45) is 0 Å².